The van der Waals surface area contributed by atoms with Crippen LogP contribution in [0.3, 0.4) is 0 Å². The van der Waals surface area contributed by atoms with Crippen LogP contribution in [-0.2, 0) is 0 Å². The second-order valence-corrected chi connectivity index (χ2v) is 3.46. The zero-order chi connectivity index (χ0) is 13.9. The SMILES string of the molecule is CCOc1cc(C(C)=O)cc(C(F)F)c1[N+](=O)[O-]. The molecule has 0 radical (unpaired) electrons. The van der Waals surface area contributed by atoms with Crippen LogP contribution >= 0.6 is 0 Å². The topological polar surface area (TPSA) is 69.4 Å². The maximum Gasteiger partial charge on any atom is 0.319 e. The number of hydrogen-bond donors (Lipinski definition) is 0. The van der Waals surface area contributed by atoms with E-state index in [-0.39, 0.29) is 17.9 Å². The molecule has 1 aromatic rings. The molecule has 0 aliphatic carbocycles. The zero-order valence-electron chi connectivity index (χ0n) is 9.78. The average molecular weight is 259 g/mol. The van der Waals surface area contributed by atoms with Crippen LogP contribution in [0.5, 0.6) is 5.75 Å². The maximum atomic E-state index is 12.8. The number of nitro benzene ring substituents is 1. The van der Waals surface area contributed by atoms with Crippen LogP contribution in [-0.4, -0.2) is 17.3 Å². The lowest BCUT2D eigenvalue weighted by atomic mass is 10.1. The summed E-state index contributed by atoms with van der Waals surface area (Å²) in [6, 6.07) is 1.93. The van der Waals surface area contributed by atoms with Crippen molar-refractivity contribution >= 4 is 11.5 Å². The Morgan fingerprint density at radius 3 is 2.50 bits per heavy atom. The maximum absolute atomic E-state index is 12.8. The summed E-state index contributed by atoms with van der Waals surface area (Å²) in [5.41, 5.74) is -1.65. The Labute approximate surface area is 102 Å². The van der Waals surface area contributed by atoms with Crippen molar-refractivity contribution < 1.29 is 23.2 Å². The molecule has 1 rings (SSSR count). The molecule has 0 aromatic heterocycles. The first-order valence-corrected chi connectivity index (χ1v) is 5.12. The number of nitrogens with zero attached hydrogens (tertiary/aromatic N) is 1. The van der Waals surface area contributed by atoms with E-state index in [9.17, 15) is 23.7 Å². The number of nitro groups is 1. The number of ether oxygens (including phenoxy) is 1. The van der Waals surface area contributed by atoms with E-state index in [4.69, 9.17) is 4.74 Å². The first-order chi connectivity index (χ1) is 8.38. The van der Waals surface area contributed by atoms with E-state index in [1.165, 1.54) is 6.92 Å². The summed E-state index contributed by atoms with van der Waals surface area (Å²) in [6.07, 6.45) is -3.05. The number of carbonyl (C=O) groups is 1. The highest BCUT2D eigenvalue weighted by atomic mass is 19.3. The number of carbonyl (C=O) groups excluding carboxylic acids is 1. The van der Waals surface area contributed by atoms with Gasteiger partial charge in [0.15, 0.2) is 11.5 Å². The molecule has 0 spiro atoms. The standard InChI is InChI=1S/C11H11F2NO4/c1-3-18-9-5-7(6(2)15)4-8(11(12)13)10(9)14(16)17/h4-5,11H,3H2,1-2H3. The molecule has 0 saturated heterocycles. The molecule has 0 aliphatic heterocycles. The van der Waals surface area contributed by atoms with Gasteiger partial charge in [0.25, 0.3) is 6.43 Å². The third-order valence-corrected chi connectivity index (χ3v) is 2.23. The number of Topliss-reactive ketones (excluding diaryl/α,β-unsaturated/α-hetero) is 1. The van der Waals surface area contributed by atoms with Gasteiger partial charge in [-0.1, -0.05) is 0 Å². The molecule has 0 amide bonds. The first-order valence-electron chi connectivity index (χ1n) is 5.12. The highest BCUT2D eigenvalue weighted by Gasteiger charge is 2.28. The Kier molecular flexibility index (Phi) is 4.30. The van der Waals surface area contributed by atoms with E-state index < -0.39 is 28.4 Å². The van der Waals surface area contributed by atoms with Crippen molar-refractivity contribution in [1.29, 1.82) is 0 Å². The smallest absolute Gasteiger partial charge is 0.319 e. The number of benzene rings is 1. The van der Waals surface area contributed by atoms with Gasteiger partial charge >= 0.3 is 5.69 Å². The summed E-state index contributed by atoms with van der Waals surface area (Å²) >= 11 is 0. The largest absolute Gasteiger partial charge is 0.487 e. The second kappa shape index (κ2) is 5.52. The molecule has 0 N–H and O–H groups in total. The van der Waals surface area contributed by atoms with Crippen molar-refractivity contribution in [2.75, 3.05) is 6.61 Å². The van der Waals surface area contributed by atoms with E-state index in [0.717, 1.165) is 12.1 Å². The number of halogens is 2. The van der Waals surface area contributed by atoms with Crippen LogP contribution in [0.25, 0.3) is 0 Å². The molecular formula is C11H11F2NO4. The summed E-state index contributed by atoms with van der Waals surface area (Å²) in [4.78, 5) is 21.1. The van der Waals surface area contributed by atoms with Gasteiger partial charge in [-0.05, 0) is 26.0 Å². The first kappa shape index (κ1) is 14.0. The third-order valence-electron chi connectivity index (χ3n) is 2.23. The van der Waals surface area contributed by atoms with Gasteiger partial charge in [0.05, 0.1) is 11.5 Å². The lowest BCUT2D eigenvalue weighted by Crippen LogP contribution is -2.05. The van der Waals surface area contributed by atoms with Crippen molar-refractivity contribution in [3.63, 3.8) is 0 Å². The third kappa shape index (κ3) is 2.79. The van der Waals surface area contributed by atoms with Crippen molar-refractivity contribution in [2.45, 2.75) is 20.3 Å². The van der Waals surface area contributed by atoms with Crippen LogP contribution in [0.2, 0.25) is 0 Å². The van der Waals surface area contributed by atoms with Crippen LogP contribution < -0.4 is 4.74 Å². The van der Waals surface area contributed by atoms with Gasteiger partial charge in [0.1, 0.15) is 5.56 Å². The molecule has 98 valence electrons. The Bertz CT molecular complexity index is 488. The fraction of sp³-hybridized carbons (Fsp3) is 0.364. The summed E-state index contributed by atoms with van der Waals surface area (Å²) in [5, 5.41) is 10.8. The highest BCUT2D eigenvalue weighted by Crippen LogP contribution is 2.38. The quantitative estimate of drug-likeness (QED) is 0.462. The fourth-order valence-corrected chi connectivity index (χ4v) is 1.46. The van der Waals surface area contributed by atoms with Crippen LogP contribution in [0.15, 0.2) is 12.1 Å². The molecule has 5 nitrogen and oxygen atoms in total. The minimum Gasteiger partial charge on any atom is -0.487 e. The summed E-state index contributed by atoms with van der Waals surface area (Å²) < 4.78 is 30.5. The summed E-state index contributed by atoms with van der Waals surface area (Å²) in [5.74, 6) is -0.779. The van der Waals surface area contributed by atoms with Crippen molar-refractivity contribution in [3.05, 3.63) is 33.4 Å². The molecule has 18 heavy (non-hydrogen) atoms. The predicted octanol–water partition coefficient (Wildman–Crippen LogP) is 3.13. The van der Waals surface area contributed by atoms with E-state index in [1.807, 2.05) is 0 Å². The van der Waals surface area contributed by atoms with Crippen molar-refractivity contribution in [2.24, 2.45) is 0 Å². The van der Waals surface area contributed by atoms with Gasteiger partial charge < -0.3 is 4.74 Å². The Morgan fingerprint density at radius 2 is 2.11 bits per heavy atom. The van der Waals surface area contributed by atoms with Crippen LogP contribution in [0, 0.1) is 10.1 Å². The lowest BCUT2D eigenvalue weighted by Gasteiger charge is -2.10. The van der Waals surface area contributed by atoms with Gasteiger partial charge in [-0.2, -0.15) is 0 Å². The van der Waals surface area contributed by atoms with Crippen molar-refractivity contribution in [1.82, 2.24) is 0 Å². The minimum atomic E-state index is -3.05. The molecule has 7 heteroatoms. The van der Waals surface area contributed by atoms with Crippen LogP contribution in [0.4, 0.5) is 14.5 Å². The van der Waals surface area contributed by atoms with E-state index in [2.05, 4.69) is 0 Å². The molecule has 1 aromatic carbocycles. The van der Waals surface area contributed by atoms with E-state index in [0.29, 0.717) is 0 Å². The van der Waals surface area contributed by atoms with E-state index >= 15 is 0 Å². The number of hydrogen-bond acceptors (Lipinski definition) is 4. The van der Waals surface area contributed by atoms with Crippen LogP contribution in [0.1, 0.15) is 36.2 Å². The average Bonchev–Trinajstić information content (AvgIpc) is 2.27. The van der Waals surface area contributed by atoms with Gasteiger partial charge in [-0.25, -0.2) is 8.78 Å². The molecule has 0 aliphatic rings. The molecule has 0 heterocycles. The second-order valence-electron chi connectivity index (χ2n) is 3.46. The molecule has 0 fully saturated rings. The summed E-state index contributed by atoms with van der Waals surface area (Å²) in [6.45, 7) is 2.82. The number of rotatable bonds is 5. The zero-order valence-corrected chi connectivity index (χ0v) is 9.78. The monoisotopic (exact) mass is 259 g/mol. The van der Waals surface area contributed by atoms with Gasteiger partial charge in [0.2, 0.25) is 0 Å². The minimum absolute atomic E-state index is 0.0423. The predicted molar refractivity (Wildman–Crippen MR) is 59.2 cm³/mol. The van der Waals surface area contributed by atoms with Gasteiger partial charge in [0, 0.05) is 5.56 Å². The highest BCUT2D eigenvalue weighted by molar-refractivity contribution is 5.95. The number of alkyl halides is 2. The lowest BCUT2D eigenvalue weighted by molar-refractivity contribution is -0.387. The van der Waals surface area contributed by atoms with Crippen molar-refractivity contribution in [3.8, 4) is 5.75 Å². The Hall–Kier alpha value is -2.05. The normalized spacial score (nSPS) is 10.5. The molecule has 0 atom stereocenters. The Balaban J connectivity index is 3.54. The van der Waals surface area contributed by atoms with Gasteiger partial charge in [-0.15, -0.1) is 0 Å². The Morgan fingerprint density at radius 1 is 1.50 bits per heavy atom. The number of ketones is 1. The molecule has 0 saturated carbocycles. The fourth-order valence-electron chi connectivity index (χ4n) is 1.46. The molecular weight excluding hydrogens is 248 g/mol. The summed E-state index contributed by atoms with van der Waals surface area (Å²) in [7, 11) is 0. The molecule has 0 bridgehead atoms. The van der Waals surface area contributed by atoms with E-state index in [1.54, 1.807) is 6.92 Å². The molecule has 0 unspecified atom stereocenters. The van der Waals surface area contributed by atoms with Gasteiger partial charge in [-0.3, -0.25) is 14.9 Å².